The van der Waals surface area contributed by atoms with Crippen molar-refractivity contribution in [3.05, 3.63) is 65.7 Å². The zero-order valence-electron chi connectivity index (χ0n) is 13.0. The van der Waals surface area contributed by atoms with Crippen LogP contribution in [0.3, 0.4) is 0 Å². The number of nitrogens with two attached hydrogens (primary N) is 1. The SMILES string of the molecule is CCC(C(=O)Nc1ccc(C(C)N)cc1)c1ccccc1.Cl. The normalized spacial score (nSPS) is 12.9. The maximum Gasteiger partial charge on any atom is 0.231 e. The van der Waals surface area contributed by atoms with E-state index in [0.717, 1.165) is 23.2 Å². The summed E-state index contributed by atoms with van der Waals surface area (Å²) >= 11 is 0. The highest BCUT2D eigenvalue weighted by atomic mass is 35.5. The van der Waals surface area contributed by atoms with Gasteiger partial charge in [-0.2, -0.15) is 0 Å². The highest BCUT2D eigenvalue weighted by molar-refractivity contribution is 5.95. The van der Waals surface area contributed by atoms with Gasteiger partial charge in [0.1, 0.15) is 0 Å². The summed E-state index contributed by atoms with van der Waals surface area (Å²) < 4.78 is 0. The van der Waals surface area contributed by atoms with Gasteiger partial charge in [-0.15, -0.1) is 12.4 Å². The van der Waals surface area contributed by atoms with Crippen LogP contribution in [0.4, 0.5) is 5.69 Å². The fraction of sp³-hybridized carbons (Fsp3) is 0.278. The summed E-state index contributed by atoms with van der Waals surface area (Å²) in [6, 6.07) is 17.6. The van der Waals surface area contributed by atoms with Gasteiger partial charge in [0, 0.05) is 11.7 Å². The molecule has 2 aromatic rings. The second-order valence-electron chi connectivity index (χ2n) is 5.27. The van der Waals surface area contributed by atoms with Gasteiger partial charge >= 0.3 is 0 Å². The van der Waals surface area contributed by atoms with Crippen LogP contribution in [0.1, 0.15) is 43.4 Å². The predicted molar refractivity (Wildman–Crippen MR) is 94.4 cm³/mol. The number of carbonyl (C=O) groups excluding carboxylic acids is 1. The zero-order valence-corrected chi connectivity index (χ0v) is 13.8. The van der Waals surface area contributed by atoms with E-state index in [1.165, 1.54) is 0 Å². The van der Waals surface area contributed by atoms with E-state index in [0.29, 0.717) is 0 Å². The first kappa shape index (κ1) is 18.2. The van der Waals surface area contributed by atoms with Crippen LogP contribution in [0.5, 0.6) is 0 Å². The molecule has 118 valence electrons. The van der Waals surface area contributed by atoms with Crippen LogP contribution in [0, 0.1) is 0 Å². The third kappa shape index (κ3) is 4.58. The number of carbonyl (C=O) groups is 1. The highest BCUT2D eigenvalue weighted by Crippen LogP contribution is 2.22. The van der Waals surface area contributed by atoms with Crippen LogP contribution in [0.2, 0.25) is 0 Å². The second kappa shape index (κ2) is 8.57. The van der Waals surface area contributed by atoms with Crippen molar-refractivity contribution >= 4 is 24.0 Å². The number of hydrogen-bond donors (Lipinski definition) is 2. The molecule has 0 aromatic heterocycles. The summed E-state index contributed by atoms with van der Waals surface area (Å²) in [7, 11) is 0. The van der Waals surface area contributed by atoms with Gasteiger partial charge in [-0.3, -0.25) is 4.79 Å². The number of nitrogens with one attached hydrogen (secondary N) is 1. The van der Waals surface area contributed by atoms with E-state index in [2.05, 4.69) is 5.32 Å². The molecule has 0 heterocycles. The van der Waals surface area contributed by atoms with E-state index in [4.69, 9.17) is 5.73 Å². The van der Waals surface area contributed by atoms with E-state index in [1.807, 2.05) is 68.4 Å². The predicted octanol–water partition coefficient (Wildman–Crippen LogP) is 4.26. The summed E-state index contributed by atoms with van der Waals surface area (Å²) in [5, 5.41) is 2.98. The Morgan fingerprint density at radius 2 is 1.64 bits per heavy atom. The fourth-order valence-corrected chi connectivity index (χ4v) is 2.36. The van der Waals surface area contributed by atoms with Crippen molar-refractivity contribution in [1.29, 1.82) is 0 Å². The van der Waals surface area contributed by atoms with Crippen LogP contribution in [0.15, 0.2) is 54.6 Å². The van der Waals surface area contributed by atoms with E-state index in [1.54, 1.807) is 0 Å². The summed E-state index contributed by atoms with van der Waals surface area (Å²) in [6.07, 6.45) is 0.772. The lowest BCUT2D eigenvalue weighted by molar-refractivity contribution is -0.117. The maximum absolute atomic E-state index is 12.4. The third-order valence-electron chi connectivity index (χ3n) is 3.63. The number of rotatable bonds is 5. The number of halogens is 1. The second-order valence-corrected chi connectivity index (χ2v) is 5.27. The van der Waals surface area contributed by atoms with Crippen LogP contribution >= 0.6 is 12.4 Å². The van der Waals surface area contributed by atoms with Crippen molar-refractivity contribution in [2.24, 2.45) is 5.73 Å². The first-order valence-electron chi connectivity index (χ1n) is 7.33. The molecular formula is C18H23ClN2O. The molecule has 0 spiro atoms. The molecule has 0 aliphatic heterocycles. The highest BCUT2D eigenvalue weighted by Gasteiger charge is 2.18. The lowest BCUT2D eigenvalue weighted by Gasteiger charge is -2.16. The molecule has 0 saturated heterocycles. The van der Waals surface area contributed by atoms with E-state index >= 15 is 0 Å². The molecule has 1 amide bonds. The molecular weight excluding hydrogens is 296 g/mol. The Kier molecular flexibility index (Phi) is 7.09. The van der Waals surface area contributed by atoms with Gasteiger partial charge in [0.05, 0.1) is 5.92 Å². The van der Waals surface area contributed by atoms with E-state index in [-0.39, 0.29) is 30.3 Å². The summed E-state index contributed by atoms with van der Waals surface area (Å²) in [4.78, 5) is 12.4. The minimum absolute atomic E-state index is 0. The largest absolute Gasteiger partial charge is 0.326 e. The molecule has 22 heavy (non-hydrogen) atoms. The van der Waals surface area contributed by atoms with Gasteiger partial charge in [-0.05, 0) is 36.6 Å². The lowest BCUT2D eigenvalue weighted by Crippen LogP contribution is -2.20. The van der Waals surface area contributed by atoms with Crippen LogP contribution in [-0.4, -0.2) is 5.91 Å². The fourth-order valence-electron chi connectivity index (χ4n) is 2.36. The smallest absolute Gasteiger partial charge is 0.231 e. The van der Waals surface area contributed by atoms with Crippen molar-refractivity contribution in [3.63, 3.8) is 0 Å². The lowest BCUT2D eigenvalue weighted by atomic mass is 9.95. The average molecular weight is 319 g/mol. The number of anilines is 1. The Labute approximate surface area is 138 Å². The molecule has 2 rings (SSSR count). The minimum atomic E-state index is -0.126. The first-order valence-corrected chi connectivity index (χ1v) is 7.33. The van der Waals surface area contributed by atoms with E-state index < -0.39 is 0 Å². The van der Waals surface area contributed by atoms with Gasteiger partial charge in [0.15, 0.2) is 0 Å². The maximum atomic E-state index is 12.4. The summed E-state index contributed by atoms with van der Waals surface area (Å²) in [6.45, 7) is 3.96. The summed E-state index contributed by atoms with van der Waals surface area (Å²) in [5.74, 6) is -0.100. The van der Waals surface area contributed by atoms with Crippen molar-refractivity contribution in [2.45, 2.75) is 32.2 Å². The Morgan fingerprint density at radius 3 is 2.14 bits per heavy atom. The molecule has 0 bridgehead atoms. The molecule has 0 radical (unpaired) electrons. The van der Waals surface area contributed by atoms with Crippen LogP contribution < -0.4 is 11.1 Å². The van der Waals surface area contributed by atoms with Crippen molar-refractivity contribution < 1.29 is 4.79 Å². The Morgan fingerprint density at radius 1 is 1.05 bits per heavy atom. The Balaban J connectivity index is 0.00000242. The molecule has 2 unspecified atom stereocenters. The van der Waals surface area contributed by atoms with E-state index in [9.17, 15) is 4.79 Å². The van der Waals surface area contributed by atoms with Gasteiger partial charge in [-0.1, -0.05) is 49.4 Å². The van der Waals surface area contributed by atoms with Crippen molar-refractivity contribution in [1.82, 2.24) is 0 Å². The number of amides is 1. The monoisotopic (exact) mass is 318 g/mol. The van der Waals surface area contributed by atoms with Crippen molar-refractivity contribution in [2.75, 3.05) is 5.32 Å². The van der Waals surface area contributed by atoms with Crippen LogP contribution in [-0.2, 0) is 4.79 Å². The van der Waals surface area contributed by atoms with Gasteiger partial charge in [0.25, 0.3) is 0 Å². The van der Waals surface area contributed by atoms with Crippen LogP contribution in [0.25, 0.3) is 0 Å². The number of hydrogen-bond acceptors (Lipinski definition) is 2. The Hall–Kier alpha value is -1.84. The molecule has 0 fully saturated rings. The quantitative estimate of drug-likeness (QED) is 0.865. The topological polar surface area (TPSA) is 55.1 Å². The zero-order chi connectivity index (χ0) is 15.2. The average Bonchev–Trinajstić information content (AvgIpc) is 2.49. The molecule has 4 heteroatoms. The summed E-state index contributed by atoms with van der Waals surface area (Å²) in [5.41, 5.74) is 8.73. The number of benzene rings is 2. The molecule has 3 N–H and O–H groups in total. The molecule has 0 aliphatic carbocycles. The molecule has 2 atom stereocenters. The standard InChI is InChI=1S/C18H22N2O.ClH/c1-3-17(15-7-5-4-6-8-15)18(21)20-16-11-9-14(10-12-16)13(2)19;/h4-13,17H,3,19H2,1-2H3,(H,20,21);1H. The molecule has 2 aromatic carbocycles. The first-order chi connectivity index (χ1) is 10.1. The van der Waals surface area contributed by atoms with Gasteiger partial charge in [-0.25, -0.2) is 0 Å². The van der Waals surface area contributed by atoms with Gasteiger partial charge < -0.3 is 11.1 Å². The molecule has 0 saturated carbocycles. The molecule has 3 nitrogen and oxygen atoms in total. The van der Waals surface area contributed by atoms with Gasteiger partial charge in [0.2, 0.25) is 5.91 Å². The molecule has 0 aliphatic rings. The third-order valence-corrected chi connectivity index (χ3v) is 3.63. The Bertz CT molecular complexity index is 582. The minimum Gasteiger partial charge on any atom is -0.326 e. The van der Waals surface area contributed by atoms with Crippen molar-refractivity contribution in [3.8, 4) is 0 Å².